The lowest BCUT2D eigenvalue weighted by Crippen LogP contribution is -2.53. The van der Waals surface area contributed by atoms with Gasteiger partial charge in [0, 0.05) is 7.11 Å². The molecule has 3 N–H and O–H groups in total. The third-order valence-electron chi connectivity index (χ3n) is 2.40. The van der Waals surface area contributed by atoms with Crippen molar-refractivity contribution >= 4 is 0 Å². The Bertz CT molecular complexity index is 201. The maximum Gasteiger partial charge on any atom is 0.186 e. The average Bonchev–Trinajstić information content (AvgIpc) is 2.33. The molecule has 17 heavy (non-hydrogen) atoms. The van der Waals surface area contributed by atoms with Crippen molar-refractivity contribution < 1.29 is 34.3 Å². The summed E-state index contributed by atoms with van der Waals surface area (Å²) < 4.78 is 20.2. The van der Waals surface area contributed by atoms with Crippen LogP contribution in [0, 0.1) is 0 Å². The van der Waals surface area contributed by atoms with Gasteiger partial charge in [-0.3, -0.25) is 0 Å². The van der Waals surface area contributed by atoms with Crippen molar-refractivity contribution in [1.29, 1.82) is 0 Å². The fraction of sp³-hybridized carbons (Fsp3) is 1.00. The predicted molar refractivity (Wildman–Crippen MR) is 56.4 cm³/mol. The highest BCUT2D eigenvalue weighted by Gasteiger charge is 2.37. The molecule has 0 amide bonds. The van der Waals surface area contributed by atoms with Crippen molar-refractivity contribution in [2.24, 2.45) is 0 Å². The van der Waals surface area contributed by atoms with Gasteiger partial charge in [0.05, 0.1) is 33.0 Å². The Hall–Kier alpha value is -0.280. The van der Waals surface area contributed by atoms with Gasteiger partial charge in [-0.2, -0.15) is 0 Å². The summed E-state index contributed by atoms with van der Waals surface area (Å²) in [4.78, 5) is 0. The Kier molecular flexibility index (Phi) is 6.90. The molecule has 0 spiro atoms. The van der Waals surface area contributed by atoms with Crippen LogP contribution in [-0.4, -0.2) is 80.1 Å². The first kappa shape index (κ1) is 14.8. The number of methoxy groups -OCH3 is 1. The Morgan fingerprint density at radius 2 is 1.76 bits per heavy atom. The van der Waals surface area contributed by atoms with E-state index in [2.05, 4.69) is 0 Å². The highest BCUT2D eigenvalue weighted by molar-refractivity contribution is 4.82. The summed E-state index contributed by atoms with van der Waals surface area (Å²) in [7, 11) is 1.58. The number of aliphatic hydroxyl groups excluding tert-OH is 3. The van der Waals surface area contributed by atoms with Crippen LogP contribution in [0.4, 0.5) is 0 Å². The topological polar surface area (TPSA) is 97.6 Å². The molecule has 0 aromatic carbocycles. The SMILES string of the molecule is COCCOCCOC1OC[C@@H](O)[C@H](O)[C@H]1O. The van der Waals surface area contributed by atoms with Crippen molar-refractivity contribution in [1.82, 2.24) is 0 Å². The first-order chi connectivity index (χ1) is 8.16. The molecule has 1 rings (SSSR count). The van der Waals surface area contributed by atoms with Crippen LogP contribution in [-0.2, 0) is 18.9 Å². The van der Waals surface area contributed by atoms with Gasteiger partial charge in [0.25, 0.3) is 0 Å². The van der Waals surface area contributed by atoms with E-state index in [1.54, 1.807) is 7.11 Å². The minimum atomic E-state index is -1.25. The molecule has 0 bridgehead atoms. The molecule has 0 aromatic heterocycles. The van der Waals surface area contributed by atoms with Gasteiger partial charge in [-0.25, -0.2) is 0 Å². The van der Waals surface area contributed by atoms with E-state index in [9.17, 15) is 15.3 Å². The van der Waals surface area contributed by atoms with Crippen LogP contribution >= 0.6 is 0 Å². The maximum absolute atomic E-state index is 9.53. The predicted octanol–water partition coefficient (Wildman–Crippen LogP) is -1.89. The largest absolute Gasteiger partial charge is 0.388 e. The molecule has 0 aliphatic carbocycles. The van der Waals surface area contributed by atoms with Crippen molar-refractivity contribution in [2.45, 2.75) is 24.6 Å². The lowest BCUT2D eigenvalue weighted by molar-refractivity contribution is -0.271. The molecule has 1 aliphatic rings. The second-order valence-corrected chi connectivity index (χ2v) is 3.73. The smallest absolute Gasteiger partial charge is 0.186 e. The number of hydrogen-bond donors (Lipinski definition) is 3. The first-order valence-electron chi connectivity index (χ1n) is 5.51. The maximum atomic E-state index is 9.53. The molecule has 1 unspecified atom stereocenters. The van der Waals surface area contributed by atoms with Crippen LogP contribution in [0.5, 0.6) is 0 Å². The van der Waals surface area contributed by atoms with Gasteiger partial charge in [0.2, 0.25) is 0 Å². The Balaban J connectivity index is 2.10. The Morgan fingerprint density at radius 1 is 1.06 bits per heavy atom. The molecule has 102 valence electrons. The normalized spacial score (nSPS) is 33.9. The third-order valence-corrected chi connectivity index (χ3v) is 2.40. The summed E-state index contributed by atoms with van der Waals surface area (Å²) in [5.41, 5.74) is 0. The monoisotopic (exact) mass is 252 g/mol. The van der Waals surface area contributed by atoms with E-state index < -0.39 is 24.6 Å². The van der Waals surface area contributed by atoms with Crippen molar-refractivity contribution in [3.05, 3.63) is 0 Å². The van der Waals surface area contributed by atoms with Crippen LogP contribution in [0.2, 0.25) is 0 Å². The number of aliphatic hydroxyl groups is 3. The lowest BCUT2D eigenvalue weighted by atomic mass is 10.1. The van der Waals surface area contributed by atoms with Crippen LogP contribution < -0.4 is 0 Å². The Labute approximate surface area is 99.9 Å². The lowest BCUT2D eigenvalue weighted by Gasteiger charge is -2.34. The molecular weight excluding hydrogens is 232 g/mol. The van der Waals surface area contributed by atoms with Crippen molar-refractivity contribution in [3.63, 3.8) is 0 Å². The van der Waals surface area contributed by atoms with Crippen LogP contribution in [0.25, 0.3) is 0 Å². The molecule has 1 saturated heterocycles. The summed E-state index contributed by atoms with van der Waals surface area (Å²) in [6.45, 7) is 1.49. The van der Waals surface area contributed by atoms with E-state index in [0.717, 1.165) is 0 Å². The van der Waals surface area contributed by atoms with E-state index in [4.69, 9.17) is 18.9 Å². The molecule has 4 atom stereocenters. The molecule has 1 aliphatic heterocycles. The molecule has 7 nitrogen and oxygen atoms in total. The second-order valence-electron chi connectivity index (χ2n) is 3.73. The van der Waals surface area contributed by atoms with E-state index >= 15 is 0 Å². The van der Waals surface area contributed by atoms with Gasteiger partial charge in [-0.05, 0) is 0 Å². The van der Waals surface area contributed by atoms with Gasteiger partial charge in [0.1, 0.15) is 18.3 Å². The number of ether oxygens (including phenoxy) is 4. The van der Waals surface area contributed by atoms with Gasteiger partial charge >= 0.3 is 0 Å². The molecule has 1 heterocycles. The molecule has 1 fully saturated rings. The standard InChI is InChI=1S/C10H20O7/c1-14-2-3-15-4-5-16-10-9(13)8(12)7(11)6-17-10/h7-13H,2-6H2,1H3/t7-,8+,9-,10?/m1/s1. The molecule has 0 saturated carbocycles. The van der Waals surface area contributed by atoms with Gasteiger partial charge in [0.15, 0.2) is 6.29 Å². The zero-order valence-electron chi connectivity index (χ0n) is 9.82. The van der Waals surface area contributed by atoms with Crippen LogP contribution in [0.3, 0.4) is 0 Å². The van der Waals surface area contributed by atoms with Gasteiger partial charge < -0.3 is 34.3 Å². The van der Waals surface area contributed by atoms with Crippen LogP contribution in [0.1, 0.15) is 0 Å². The van der Waals surface area contributed by atoms with Crippen molar-refractivity contribution in [2.75, 3.05) is 40.1 Å². The summed E-state index contributed by atoms with van der Waals surface area (Å²) in [5.74, 6) is 0. The minimum Gasteiger partial charge on any atom is -0.388 e. The average molecular weight is 252 g/mol. The summed E-state index contributed by atoms with van der Waals surface area (Å²) >= 11 is 0. The summed E-state index contributed by atoms with van der Waals surface area (Å²) in [6.07, 6.45) is -4.51. The van der Waals surface area contributed by atoms with Crippen LogP contribution in [0.15, 0.2) is 0 Å². The number of rotatable bonds is 7. The van der Waals surface area contributed by atoms with E-state index in [0.29, 0.717) is 19.8 Å². The zero-order valence-corrected chi connectivity index (χ0v) is 9.82. The molecule has 7 heteroatoms. The fourth-order valence-corrected chi connectivity index (χ4v) is 1.39. The second kappa shape index (κ2) is 7.93. The number of hydrogen-bond acceptors (Lipinski definition) is 7. The quantitative estimate of drug-likeness (QED) is 0.455. The Morgan fingerprint density at radius 3 is 2.47 bits per heavy atom. The van der Waals surface area contributed by atoms with Crippen molar-refractivity contribution in [3.8, 4) is 0 Å². The third kappa shape index (κ3) is 4.84. The van der Waals surface area contributed by atoms with E-state index in [-0.39, 0.29) is 13.2 Å². The minimum absolute atomic E-state index is 0.0621. The molecule has 0 aromatic rings. The highest BCUT2D eigenvalue weighted by atomic mass is 16.7. The van der Waals surface area contributed by atoms with Gasteiger partial charge in [-0.15, -0.1) is 0 Å². The fourth-order valence-electron chi connectivity index (χ4n) is 1.39. The summed E-state index contributed by atoms with van der Waals surface area (Å²) in [6, 6.07) is 0. The van der Waals surface area contributed by atoms with Gasteiger partial charge in [-0.1, -0.05) is 0 Å². The van der Waals surface area contributed by atoms with E-state index in [1.165, 1.54) is 0 Å². The zero-order chi connectivity index (χ0) is 12.7. The highest BCUT2D eigenvalue weighted by Crippen LogP contribution is 2.16. The molecule has 0 radical (unpaired) electrons. The summed E-state index contributed by atoms with van der Waals surface area (Å²) in [5, 5.41) is 28.1. The van der Waals surface area contributed by atoms with E-state index in [1.807, 2.05) is 0 Å². The molecular formula is C10H20O7. The first-order valence-corrected chi connectivity index (χ1v) is 5.51.